The van der Waals surface area contributed by atoms with E-state index in [1.54, 1.807) is 36.4 Å². The van der Waals surface area contributed by atoms with Crippen molar-refractivity contribution >= 4 is 28.4 Å². The number of benzene rings is 2. The van der Waals surface area contributed by atoms with Crippen molar-refractivity contribution in [2.45, 2.75) is 39.8 Å². The zero-order valence-electron chi connectivity index (χ0n) is 17.1. The van der Waals surface area contributed by atoms with E-state index in [0.29, 0.717) is 34.0 Å². The summed E-state index contributed by atoms with van der Waals surface area (Å²) in [6.07, 6.45) is 0.763. The summed E-state index contributed by atoms with van der Waals surface area (Å²) in [5, 5.41) is 3.51. The second kappa shape index (κ2) is 9.17. The first kappa shape index (κ1) is 21.6. The van der Waals surface area contributed by atoms with E-state index < -0.39 is 11.2 Å². The Labute approximate surface area is 178 Å². The molecule has 0 aliphatic heterocycles. The highest BCUT2D eigenvalue weighted by molar-refractivity contribution is 6.31. The predicted octanol–water partition coefficient (Wildman–Crippen LogP) is 3.12. The highest BCUT2D eigenvalue weighted by atomic mass is 35.5. The minimum atomic E-state index is -0.613. The van der Waals surface area contributed by atoms with Gasteiger partial charge < -0.3 is 10.1 Å². The van der Waals surface area contributed by atoms with Gasteiger partial charge in [0.05, 0.1) is 23.2 Å². The fraction of sp³-hybridized carbons (Fsp3) is 0.318. The van der Waals surface area contributed by atoms with E-state index in [2.05, 4.69) is 5.32 Å². The summed E-state index contributed by atoms with van der Waals surface area (Å²) in [5.41, 5.74) is -0.381. The van der Waals surface area contributed by atoms with Crippen LogP contribution in [0.3, 0.4) is 0 Å². The van der Waals surface area contributed by atoms with Gasteiger partial charge in [0.1, 0.15) is 12.3 Å². The number of halogens is 1. The van der Waals surface area contributed by atoms with Gasteiger partial charge in [-0.15, -0.1) is 0 Å². The van der Waals surface area contributed by atoms with E-state index >= 15 is 0 Å². The first-order chi connectivity index (χ1) is 14.3. The smallest absolute Gasteiger partial charge is 0.336 e. The van der Waals surface area contributed by atoms with Gasteiger partial charge in [-0.1, -0.05) is 18.5 Å². The Balaban J connectivity index is 2.19. The van der Waals surface area contributed by atoms with Gasteiger partial charge in [-0.2, -0.15) is 0 Å². The Kier molecular flexibility index (Phi) is 6.62. The molecule has 8 heteroatoms. The number of carbonyl (C=O) groups is 1. The maximum atomic E-state index is 13.3. The quantitative estimate of drug-likeness (QED) is 0.625. The van der Waals surface area contributed by atoms with Crippen LogP contribution in [0.5, 0.6) is 5.75 Å². The molecular weight excluding hydrogens is 406 g/mol. The lowest BCUT2D eigenvalue weighted by Gasteiger charge is -2.16. The Morgan fingerprint density at radius 1 is 1.13 bits per heavy atom. The van der Waals surface area contributed by atoms with Crippen molar-refractivity contribution in [3.05, 3.63) is 68.3 Å². The van der Waals surface area contributed by atoms with Crippen molar-refractivity contribution in [3.63, 3.8) is 0 Å². The topological polar surface area (TPSA) is 82.3 Å². The zero-order chi connectivity index (χ0) is 21.8. The van der Waals surface area contributed by atoms with E-state index in [1.165, 1.54) is 10.6 Å². The Hall–Kier alpha value is -3.06. The van der Waals surface area contributed by atoms with Crippen molar-refractivity contribution in [1.29, 1.82) is 0 Å². The number of rotatable bonds is 7. The number of amides is 1. The number of nitrogens with one attached hydrogen (secondary N) is 1. The SMILES string of the molecule is CCOc1ccc(-n2c(=O)c3ccc(Cl)cc3n(CC(=O)NC(C)CC)c2=O)cc1. The third-order valence-corrected chi connectivity index (χ3v) is 5.07. The van der Waals surface area contributed by atoms with Crippen molar-refractivity contribution in [3.8, 4) is 11.4 Å². The lowest BCUT2D eigenvalue weighted by Crippen LogP contribution is -2.43. The normalized spacial score (nSPS) is 12.0. The molecule has 7 nitrogen and oxygen atoms in total. The Morgan fingerprint density at radius 2 is 1.83 bits per heavy atom. The zero-order valence-corrected chi connectivity index (χ0v) is 17.9. The fourth-order valence-corrected chi connectivity index (χ4v) is 3.31. The van der Waals surface area contributed by atoms with E-state index in [9.17, 15) is 14.4 Å². The standard InChI is InChI=1S/C22H24ClN3O4/c1-4-14(3)24-20(27)13-25-19-12-15(23)6-11-18(19)21(28)26(22(25)29)16-7-9-17(10-8-16)30-5-2/h6-12,14H,4-5,13H2,1-3H3,(H,24,27). The van der Waals surface area contributed by atoms with Crippen LogP contribution in [0.25, 0.3) is 16.6 Å². The van der Waals surface area contributed by atoms with Crippen LogP contribution in [-0.4, -0.2) is 27.7 Å². The molecule has 1 unspecified atom stereocenters. The van der Waals surface area contributed by atoms with Crippen LogP contribution in [0.2, 0.25) is 5.02 Å². The van der Waals surface area contributed by atoms with Crippen LogP contribution in [0.15, 0.2) is 52.1 Å². The first-order valence-corrected chi connectivity index (χ1v) is 10.2. The summed E-state index contributed by atoms with van der Waals surface area (Å²) >= 11 is 6.10. The minimum absolute atomic E-state index is 0.0277. The fourth-order valence-electron chi connectivity index (χ4n) is 3.14. The van der Waals surface area contributed by atoms with Crippen LogP contribution in [0.4, 0.5) is 0 Å². The maximum Gasteiger partial charge on any atom is 0.336 e. The van der Waals surface area contributed by atoms with Gasteiger partial charge in [-0.25, -0.2) is 9.36 Å². The van der Waals surface area contributed by atoms with Gasteiger partial charge in [0.2, 0.25) is 5.91 Å². The molecule has 158 valence electrons. The second-order valence-corrected chi connectivity index (χ2v) is 7.41. The molecule has 1 N–H and O–H groups in total. The molecule has 1 atom stereocenters. The molecule has 0 fully saturated rings. The number of hydrogen-bond donors (Lipinski definition) is 1. The van der Waals surface area contributed by atoms with Crippen LogP contribution in [-0.2, 0) is 11.3 Å². The van der Waals surface area contributed by atoms with Crippen LogP contribution < -0.4 is 21.3 Å². The van der Waals surface area contributed by atoms with Crippen LogP contribution in [0.1, 0.15) is 27.2 Å². The molecule has 1 amide bonds. The first-order valence-electron chi connectivity index (χ1n) is 9.83. The van der Waals surface area contributed by atoms with Gasteiger partial charge in [-0.05, 0) is 62.7 Å². The number of aromatic nitrogens is 2. The van der Waals surface area contributed by atoms with Gasteiger partial charge in [0.15, 0.2) is 0 Å². The molecule has 1 heterocycles. The highest BCUT2D eigenvalue weighted by Gasteiger charge is 2.17. The summed E-state index contributed by atoms with van der Waals surface area (Å²) < 4.78 is 7.76. The average molecular weight is 430 g/mol. The van der Waals surface area contributed by atoms with Crippen molar-refractivity contribution < 1.29 is 9.53 Å². The Bertz CT molecular complexity index is 1180. The van der Waals surface area contributed by atoms with Crippen LogP contribution in [0, 0.1) is 0 Å². The molecule has 0 aliphatic carbocycles. The van der Waals surface area contributed by atoms with Gasteiger partial charge in [-0.3, -0.25) is 14.2 Å². The third kappa shape index (κ3) is 4.41. The largest absolute Gasteiger partial charge is 0.494 e. The summed E-state index contributed by atoms with van der Waals surface area (Å²) in [5.74, 6) is 0.319. The van der Waals surface area contributed by atoms with Crippen molar-refractivity contribution in [2.75, 3.05) is 6.61 Å². The maximum absolute atomic E-state index is 13.3. The lowest BCUT2D eigenvalue weighted by atomic mass is 10.2. The predicted molar refractivity (Wildman–Crippen MR) is 118 cm³/mol. The summed E-state index contributed by atoms with van der Waals surface area (Å²) in [7, 11) is 0. The molecule has 2 aromatic carbocycles. The van der Waals surface area contributed by atoms with Crippen molar-refractivity contribution in [1.82, 2.24) is 14.5 Å². The monoisotopic (exact) mass is 429 g/mol. The summed E-state index contributed by atoms with van der Waals surface area (Å²) in [6.45, 7) is 6.00. The van der Waals surface area contributed by atoms with E-state index in [1.807, 2.05) is 20.8 Å². The van der Waals surface area contributed by atoms with Crippen molar-refractivity contribution in [2.24, 2.45) is 0 Å². The van der Waals surface area contributed by atoms with E-state index in [0.717, 1.165) is 11.0 Å². The molecule has 0 bridgehead atoms. The summed E-state index contributed by atoms with van der Waals surface area (Å²) in [6, 6.07) is 11.3. The van der Waals surface area contributed by atoms with Gasteiger partial charge in [0.25, 0.3) is 5.56 Å². The summed E-state index contributed by atoms with van der Waals surface area (Å²) in [4.78, 5) is 38.9. The third-order valence-electron chi connectivity index (χ3n) is 4.83. The molecule has 0 aliphatic rings. The molecule has 0 radical (unpaired) electrons. The number of hydrogen-bond acceptors (Lipinski definition) is 4. The van der Waals surface area contributed by atoms with Gasteiger partial charge >= 0.3 is 5.69 Å². The molecule has 0 spiro atoms. The molecule has 3 aromatic rings. The van der Waals surface area contributed by atoms with E-state index in [-0.39, 0.29) is 18.5 Å². The molecule has 3 rings (SSSR count). The molecule has 30 heavy (non-hydrogen) atoms. The molecule has 0 saturated carbocycles. The molecular formula is C22H24ClN3O4. The molecule has 0 saturated heterocycles. The van der Waals surface area contributed by atoms with E-state index in [4.69, 9.17) is 16.3 Å². The van der Waals surface area contributed by atoms with Gasteiger partial charge in [0, 0.05) is 11.1 Å². The van der Waals surface area contributed by atoms with Crippen LogP contribution >= 0.6 is 11.6 Å². The lowest BCUT2D eigenvalue weighted by molar-refractivity contribution is -0.122. The number of fused-ring (bicyclic) bond motifs is 1. The Morgan fingerprint density at radius 3 is 2.47 bits per heavy atom. The average Bonchev–Trinajstić information content (AvgIpc) is 2.72. The highest BCUT2D eigenvalue weighted by Crippen LogP contribution is 2.18. The second-order valence-electron chi connectivity index (χ2n) is 6.97. The number of ether oxygens (including phenoxy) is 1. The number of nitrogens with zero attached hydrogens (tertiary/aromatic N) is 2. The number of carbonyl (C=O) groups excluding carboxylic acids is 1. The minimum Gasteiger partial charge on any atom is -0.494 e. The molecule has 1 aromatic heterocycles.